The summed E-state index contributed by atoms with van der Waals surface area (Å²) in [4.78, 5) is 0.144. The average Bonchev–Trinajstić information content (AvgIpc) is 2.71. The molecule has 0 fully saturated rings. The summed E-state index contributed by atoms with van der Waals surface area (Å²) in [5.41, 5.74) is 3.01. The molecule has 0 N–H and O–H groups in total. The monoisotopic (exact) mass is 480 g/mol. The molecule has 0 aliphatic heterocycles. The number of hydrogen-bond donors (Lipinski definition) is 0. The van der Waals surface area contributed by atoms with Crippen LogP contribution in [0, 0.1) is 6.92 Å². The molecule has 0 aliphatic rings. The Kier molecular flexibility index (Phi) is 8.35. The zero-order valence-electron chi connectivity index (χ0n) is 17.0. The third-order valence-electron chi connectivity index (χ3n) is 4.77. The van der Waals surface area contributed by atoms with Gasteiger partial charge in [0.1, 0.15) is 0 Å². The summed E-state index contributed by atoms with van der Waals surface area (Å²) >= 11 is 5.56. The van der Waals surface area contributed by atoms with Crippen LogP contribution in [-0.2, 0) is 32.1 Å². The second kappa shape index (κ2) is 10.8. The number of halogens is 1. The predicted octanol–water partition coefficient (Wildman–Crippen LogP) is 4.08. The third kappa shape index (κ3) is 6.55. The summed E-state index contributed by atoms with van der Waals surface area (Å²) in [7, 11) is -3.91. The fraction of sp³-hybridized carbons (Fsp3) is 0.217. The van der Waals surface area contributed by atoms with Crippen molar-refractivity contribution in [2.75, 3.05) is 6.61 Å². The van der Waals surface area contributed by atoms with Gasteiger partial charge in [-0.3, -0.25) is 0 Å². The summed E-state index contributed by atoms with van der Waals surface area (Å²) in [5.74, 6) is 0. The van der Waals surface area contributed by atoms with E-state index in [1.54, 1.807) is 24.3 Å². The Bertz CT molecular complexity index is 1050. The molecular formula is C23H22BrLiO4S. The van der Waals surface area contributed by atoms with Crippen LogP contribution in [-0.4, -0.2) is 38.8 Å². The molecule has 0 amide bonds. The van der Waals surface area contributed by atoms with E-state index in [2.05, 4.69) is 15.9 Å². The zero-order valence-corrected chi connectivity index (χ0v) is 19.4. The van der Waals surface area contributed by atoms with Crippen LogP contribution >= 0.6 is 15.9 Å². The molecule has 3 aromatic carbocycles. The van der Waals surface area contributed by atoms with E-state index in [1.165, 1.54) is 0 Å². The minimum absolute atomic E-state index is 0.144. The Morgan fingerprint density at radius 1 is 0.967 bits per heavy atom. The van der Waals surface area contributed by atoms with Crippen LogP contribution in [0.15, 0.2) is 82.2 Å². The Morgan fingerprint density at radius 2 is 1.67 bits per heavy atom. The molecule has 3 rings (SSSR count). The third-order valence-corrected chi connectivity index (χ3v) is 6.89. The normalized spacial score (nSPS) is 12.7. The van der Waals surface area contributed by atoms with Crippen LogP contribution in [0.5, 0.6) is 0 Å². The molecule has 0 saturated carbocycles. The quantitative estimate of drug-likeness (QED) is 0.342. The van der Waals surface area contributed by atoms with E-state index in [0.29, 0.717) is 13.0 Å². The van der Waals surface area contributed by atoms with Crippen LogP contribution in [0.2, 0.25) is 0 Å². The van der Waals surface area contributed by atoms with Gasteiger partial charge >= 0.3 is 197 Å². The number of benzene rings is 3. The van der Waals surface area contributed by atoms with Crippen LogP contribution in [0.25, 0.3) is 0 Å². The first-order valence-electron chi connectivity index (χ1n) is 9.71. The molecule has 30 heavy (non-hydrogen) atoms. The van der Waals surface area contributed by atoms with Crippen molar-refractivity contribution in [3.8, 4) is 0 Å². The van der Waals surface area contributed by atoms with Gasteiger partial charge in [0.25, 0.3) is 0 Å². The number of rotatable bonds is 9. The van der Waals surface area contributed by atoms with Crippen molar-refractivity contribution in [1.82, 2.24) is 0 Å². The van der Waals surface area contributed by atoms with Crippen molar-refractivity contribution < 1.29 is 17.3 Å². The summed E-state index contributed by atoms with van der Waals surface area (Å²) in [6.45, 7) is 2.45. The van der Waals surface area contributed by atoms with Gasteiger partial charge in [-0.05, 0) is 0 Å². The molecule has 0 aliphatic carbocycles. The van der Waals surface area contributed by atoms with Crippen molar-refractivity contribution in [3.05, 3.63) is 94.0 Å². The molecule has 0 spiro atoms. The van der Waals surface area contributed by atoms with Gasteiger partial charge in [-0.1, -0.05) is 0 Å². The topological polar surface area (TPSA) is 52.6 Å². The number of aryl methyl sites for hydroxylation is 1. The first kappa shape index (κ1) is 23.3. The van der Waals surface area contributed by atoms with Gasteiger partial charge in [0.05, 0.1) is 0 Å². The van der Waals surface area contributed by atoms with Gasteiger partial charge in [-0.15, -0.1) is 0 Å². The Morgan fingerprint density at radius 3 is 2.33 bits per heavy atom. The summed E-state index contributed by atoms with van der Waals surface area (Å²) < 4.78 is 39.2. The van der Waals surface area contributed by atoms with E-state index in [1.807, 2.05) is 73.2 Å². The zero-order chi connectivity index (χ0) is 21.6. The van der Waals surface area contributed by atoms with E-state index in [4.69, 9.17) is 8.92 Å². The molecule has 0 saturated heterocycles. The molecule has 3 aromatic rings. The van der Waals surface area contributed by atoms with E-state index >= 15 is 0 Å². The van der Waals surface area contributed by atoms with Crippen molar-refractivity contribution in [3.63, 3.8) is 0 Å². The maximum absolute atomic E-state index is 12.9. The number of ether oxygens (including phenoxy) is 1. The molecule has 0 aromatic heterocycles. The predicted molar refractivity (Wildman–Crippen MR) is 123 cm³/mol. The minimum atomic E-state index is -3.91. The molecule has 7 heteroatoms. The first-order valence-corrected chi connectivity index (χ1v) is 11.9. The molecule has 4 nitrogen and oxygen atoms in total. The molecule has 1 atom stereocenters. The van der Waals surface area contributed by atoms with E-state index in [-0.39, 0.29) is 11.5 Å². The van der Waals surface area contributed by atoms with Gasteiger partial charge in [-0.2, -0.15) is 0 Å². The Labute approximate surface area is 196 Å². The molecule has 0 radical (unpaired) electrons. The Hall–Kier alpha value is -1.39. The van der Waals surface area contributed by atoms with Gasteiger partial charge in [-0.25, -0.2) is 0 Å². The van der Waals surface area contributed by atoms with Crippen LogP contribution < -0.4 is 4.24 Å². The fourth-order valence-electron chi connectivity index (χ4n) is 3.10. The van der Waals surface area contributed by atoms with Crippen molar-refractivity contribution in [2.45, 2.75) is 31.0 Å². The molecule has 152 valence electrons. The van der Waals surface area contributed by atoms with Crippen molar-refractivity contribution in [1.29, 1.82) is 0 Å². The van der Waals surface area contributed by atoms with E-state index in [0.717, 1.165) is 25.4 Å². The van der Waals surface area contributed by atoms with Crippen molar-refractivity contribution >= 4 is 48.0 Å². The fourth-order valence-corrected chi connectivity index (χ4v) is 4.79. The molecule has 0 heterocycles. The van der Waals surface area contributed by atoms with Gasteiger partial charge in [0.2, 0.25) is 0 Å². The van der Waals surface area contributed by atoms with Gasteiger partial charge in [0, 0.05) is 0 Å². The molecule has 1 unspecified atom stereocenters. The van der Waals surface area contributed by atoms with E-state index < -0.39 is 16.2 Å². The SMILES string of the molecule is [Li][c]1cccc(Br)c1CC(COCc1ccccc1)OS(=O)(=O)c1ccc(C)cc1. The van der Waals surface area contributed by atoms with Gasteiger partial charge < -0.3 is 0 Å². The maximum atomic E-state index is 12.9. The standard InChI is InChI=1S/C23H22BrO4S.Li/c1-18-11-13-22(14-12-18)29(25,26)28-21(15-20-9-5-6-10-23(20)24)17-27-16-19-7-3-2-4-8-19;/h2-8,10-14,21H,15-17H2,1H3;. The van der Waals surface area contributed by atoms with Crippen LogP contribution in [0.1, 0.15) is 16.7 Å². The summed E-state index contributed by atoms with van der Waals surface area (Å²) in [5, 5.41) is 0. The summed E-state index contributed by atoms with van der Waals surface area (Å²) in [6, 6.07) is 22.3. The van der Waals surface area contributed by atoms with Crippen LogP contribution in [0.3, 0.4) is 0 Å². The van der Waals surface area contributed by atoms with Crippen molar-refractivity contribution in [2.24, 2.45) is 0 Å². The van der Waals surface area contributed by atoms with E-state index in [9.17, 15) is 8.42 Å². The second-order valence-electron chi connectivity index (χ2n) is 7.23. The second-order valence-corrected chi connectivity index (χ2v) is 9.65. The average molecular weight is 481 g/mol. The van der Waals surface area contributed by atoms with Crippen LogP contribution in [0.4, 0.5) is 0 Å². The first-order chi connectivity index (χ1) is 14.3. The molecular weight excluding hydrogens is 459 g/mol. The summed E-state index contributed by atoms with van der Waals surface area (Å²) in [6.07, 6.45) is -0.245. The number of hydrogen-bond acceptors (Lipinski definition) is 4. The Balaban J connectivity index is 1.78. The van der Waals surface area contributed by atoms with Gasteiger partial charge in [0.15, 0.2) is 0 Å². The molecule has 0 bridgehead atoms.